The van der Waals surface area contributed by atoms with Crippen LogP contribution in [0.15, 0.2) is 48.0 Å². The first-order valence-electron chi connectivity index (χ1n) is 25.7. The summed E-state index contributed by atoms with van der Waals surface area (Å²) in [4.78, 5) is 49.2. The Balaban J connectivity index is 0.711. The van der Waals surface area contributed by atoms with Gasteiger partial charge in [-0.1, -0.05) is 63.9 Å². The number of benzene rings is 2. The van der Waals surface area contributed by atoms with Gasteiger partial charge in [0.25, 0.3) is 0 Å². The molecule has 0 spiro atoms. The van der Waals surface area contributed by atoms with Crippen molar-refractivity contribution in [2.75, 3.05) is 66.3 Å². The van der Waals surface area contributed by atoms with Gasteiger partial charge in [0, 0.05) is 32.5 Å². The largest absolute Gasteiger partial charge is 0.508 e. The van der Waals surface area contributed by atoms with Gasteiger partial charge in [0.15, 0.2) is 0 Å². The number of likely N-dealkylation sites (N-methyl/N-ethyl adjacent to an activating group) is 1. The van der Waals surface area contributed by atoms with Gasteiger partial charge in [-0.05, 0) is 135 Å². The number of phenols is 1. The minimum Gasteiger partial charge on any atom is -0.508 e. The molecule has 1 aromatic heterocycles. The Morgan fingerprint density at radius 3 is 2.41 bits per heavy atom. The van der Waals surface area contributed by atoms with E-state index in [0.717, 1.165) is 73.3 Å². The Morgan fingerprint density at radius 1 is 0.942 bits per heavy atom. The molecule has 2 saturated carbocycles. The number of aromatic nitrogens is 1. The number of aliphatic hydroxyl groups excluding tert-OH is 2. The van der Waals surface area contributed by atoms with Crippen LogP contribution in [0, 0.1) is 36.0 Å². The van der Waals surface area contributed by atoms with Crippen molar-refractivity contribution >= 4 is 29.1 Å². The number of rotatable bonds is 25. The lowest BCUT2D eigenvalue weighted by Gasteiger charge is -2.53. The molecule has 380 valence electrons. The number of carbonyl (C=O) groups excluding carboxylic acids is 3. The zero-order valence-corrected chi connectivity index (χ0v) is 42.5. The van der Waals surface area contributed by atoms with Crippen molar-refractivity contribution in [2.45, 2.75) is 135 Å². The number of aliphatic hydroxyl groups is 2. The molecular weight excluding hydrogens is 895 g/mol. The third kappa shape index (κ3) is 13.5. The fourth-order valence-corrected chi connectivity index (χ4v) is 12.8. The molecule has 3 aromatic rings. The smallest absolute Gasteiger partial charge is 0.246 e. The highest BCUT2D eigenvalue weighted by molar-refractivity contribution is 7.13. The van der Waals surface area contributed by atoms with Gasteiger partial charge in [0.2, 0.25) is 17.7 Å². The first-order chi connectivity index (χ1) is 33.2. The van der Waals surface area contributed by atoms with Crippen LogP contribution in [-0.2, 0) is 41.6 Å². The number of phenolic OH excluding ortho intramolecular Hbond substituents is 1. The highest BCUT2D eigenvalue weighted by Gasteiger charge is 2.56. The van der Waals surface area contributed by atoms with Gasteiger partial charge in [-0.2, -0.15) is 0 Å². The second-order valence-corrected chi connectivity index (χ2v) is 21.7. The number of hydrogen-bond acceptors (Lipinski definition) is 12. The van der Waals surface area contributed by atoms with Crippen molar-refractivity contribution in [3.05, 3.63) is 70.4 Å². The topological polar surface area (TPSA) is 183 Å². The van der Waals surface area contributed by atoms with Gasteiger partial charge in [0.1, 0.15) is 17.8 Å². The number of fused-ring (bicyclic) bond motifs is 5. The minimum absolute atomic E-state index is 0.0195. The molecule has 5 N–H and O–H groups in total. The standard InChI is InChI=1S/C54H79N5O9S/c1-35(2)50(53(65)59-33-42(61)31-46(59)52(64)55-32-37-10-12-38(13-11-37)51-36(3)56-34-69-51)57-48(63)19-23-66-25-27-68-28-26-67-24-22-58(5)21-8-6-7-9-39-29-40-30-41(60)14-15-43(40)44-18-20-54(4)45(49(39)44)16-17-47(54)62/h10-15,30,34-35,39,42,44-47,49-50,60-62H,6-9,16-29,31-33H2,1-5H3,(H,55,64)(H,57,63)/t39-,42-,44-,45+,46+,47+,49-,50+,54+/m1/s1. The van der Waals surface area contributed by atoms with Gasteiger partial charge in [0.05, 0.1) is 67.9 Å². The molecule has 2 aromatic carbocycles. The van der Waals surface area contributed by atoms with E-state index in [1.807, 2.05) is 62.7 Å². The van der Waals surface area contributed by atoms with Crippen LogP contribution in [0.4, 0.5) is 0 Å². The van der Waals surface area contributed by atoms with Crippen LogP contribution < -0.4 is 10.6 Å². The van der Waals surface area contributed by atoms with E-state index in [-0.39, 0.29) is 61.8 Å². The number of nitrogens with one attached hydrogen (secondary N) is 2. The average Bonchev–Trinajstić information content (AvgIpc) is 4.03. The molecule has 3 amide bonds. The number of amides is 3. The van der Waals surface area contributed by atoms with E-state index < -0.39 is 24.1 Å². The van der Waals surface area contributed by atoms with Gasteiger partial charge in [-0.3, -0.25) is 14.4 Å². The fourth-order valence-electron chi connectivity index (χ4n) is 11.9. The van der Waals surface area contributed by atoms with Gasteiger partial charge < -0.3 is 50.0 Å². The van der Waals surface area contributed by atoms with Crippen LogP contribution in [0.2, 0.25) is 0 Å². The molecule has 9 atom stereocenters. The van der Waals surface area contributed by atoms with E-state index >= 15 is 0 Å². The first kappa shape index (κ1) is 52.9. The molecule has 0 radical (unpaired) electrons. The molecule has 15 heteroatoms. The minimum atomic E-state index is -0.858. The molecule has 0 unspecified atom stereocenters. The molecule has 69 heavy (non-hydrogen) atoms. The Kier molecular flexibility index (Phi) is 19.1. The maximum absolute atomic E-state index is 13.8. The number of hydrogen-bond donors (Lipinski definition) is 5. The van der Waals surface area contributed by atoms with Crippen LogP contribution in [0.3, 0.4) is 0 Å². The Hall–Kier alpha value is -3.96. The van der Waals surface area contributed by atoms with Crippen molar-refractivity contribution in [1.82, 2.24) is 25.4 Å². The number of ether oxygens (including phenoxy) is 3. The van der Waals surface area contributed by atoms with E-state index in [1.54, 1.807) is 11.3 Å². The zero-order valence-electron chi connectivity index (χ0n) is 41.7. The summed E-state index contributed by atoms with van der Waals surface area (Å²) in [5.41, 5.74) is 7.59. The number of thiazole rings is 1. The van der Waals surface area contributed by atoms with Crippen LogP contribution in [0.1, 0.15) is 113 Å². The maximum atomic E-state index is 13.8. The van der Waals surface area contributed by atoms with Crippen molar-refractivity contribution < 1.29 is 43.9 Å². The summed E-state index contributed by atoms with van der Waals surface area (Å²) >= 11 is 1.58. The van der Waals surface area contributed by atoms with Crippen LogP contribution in [-0.4, -0.2) is 138 Å². The number of aryl methyl sites for hydroxylation is 1. The lowest BCUT2D eigenvalue weighted by molar-refractivity contribution is -0.142. The van der Waals surface area contributed by atoms with Crippen LogP contribution >= 0.6 is 11.3 Å². The third-order valence-electron chi connectivity index (χ3n) is 15.8. The van der Waals surface area contributed by atoms with E-state index in [9.17, 15) is 29.7 Å². The van der Waals surface area contributed by atoms with Crippen molar-refractivity contribution in [3.8, 4) is 16.2 Å². The summed E-state index contributed by atoms with van der Waals surface area (Å²) in [5.74, 6) is 1.40. The summed E-state index contributed by atoms with van der Waals surface area (Å²) in [6.45, 7) is 12.6. The van der Waals surface area contributed by atoms with E-state index in [1.165, 1.54) is 35.3 Å². The molecule has 3 fully saturated rings. The van der Waals surface area contributed by atoms with E-state index in [2.05, 4.69) is 40.6 Å². The number of unbranched alkanes of at least 4 members (excludes halogenated alkanes) is 2. The van der Waals surface area contributed by atoms with Crippen molar-refractivity contribution in [3.63, 3.8) is 0 Å². The summed E-state index contributed by atoms with van der Waals surface area (Å²) in [7, 11) is 2.14. The lowest BCUT2D eigenvalue weighted by Crippen LogP contribution is -2.55. The van der Waals surface area contributed by atoms with Crippen LogP contribution in [0.25, 0.3) is 10.4 Å². The monoisotopic (exact) mass is 974 g/mol. The Labute approximate surface area is 413 Å². The average molecular weight is 974 g/mol. The molecule has 4 aliphatic rings. The van der Waals surface area contributed by atoms with Crippen LogP contribution in [0.5, 0.6) is 5.75 Å². The molecule has 2 heterocycles. The molecular formula is C54H79N5O9S. The Bertz CT molecular complexity index is 2140. The number of likely N-dealkylation sites (tertiary alicyclic amines) is 1. The quantitative estimate of drug-likeness (QED) is 0.0576. The molecule has 1 saturated heterocycles. The van der Waals surface area contributed by atoms with E-state index in [4.69, 9.17) is 14.2 Å². The summed E-state index contributed by atoms with van der Waals surface area (Å²) in [6, 6.07) is 12.3. The molecule has 7 rings (SSSR count). The van der Waals surface area contributed by atoms with Crippen molar-refractivity contribution in [2.24, 2.45) is 29.1 Å². The predicted molar refractivity (Wildman–Crippen MR) is 268 cm³/mol. The highest BCUT2D eigenvalue weighted by Crippen LogP contribution is 2.62. The summed E-state index contributed by atoms with van der Waals surface area (Å²) in [6.07, 6.45) is 9.25. The Morgan fingerprint density at radius 2 is 1.68 bits per heavy atom. The van der Waals surface area contributed by atoms with Gasteiger partial charge >= 0.3 is 0 Å². The third-order valence-corrected chi connectivity index (χ3v) is 16.8. The second kappa shape index (κ2) is 24.9. The number of nitrogens with zero attached hydrogens (tertiary/aromatic N) is 3. The highest BCUT2D eigenvalue weighted by atomic mass is 32.1. The first-order valence-corrected chi connectivity index (χ1v) is 26.6. The number of aromatic hydroxyl groups is 1. The van der Waals surface area contributed by atoms with Crippen molar-refractivity contribution in [1.29, 1.82) is 0 Å². The second-order valence-electron chi connectivity index (χ2n) is 20.9. The molecule has 14 nitrogen and oxygen atoms in total. The number of β-amino-alcohol motifs (C(OH)–C–C–N with tert-alkyl or cyclic N) is 1. The molecule has 0 bridgehead atoms. The number of carbonyl (C=O) groups is 3. The normalized spacial score (nSPS) is 25.6. The summed E-state index contributed by atoms with van der Waals surface area (Å²) < 4.78 is 17.1. The zero-order chi connectivity index (χ0) is 49.1. The predicted octanol–water partition coefficient (Wildman–Crippen LogP) is 6.62. The lowest BCUT2D eigenvalue weighted by atomic mass is 9.52. The fraction of sp³-hybridized carbons (Fsp3) is 0.667. The van der Waals surface area contributed by atoms with E-state index in [0.29, 0.717) is 62.5 Å². The molecule has 1 aliphatic heterocycles. The summed E-state index contributed by atoms with van der Waals surface area (Å²) in [5, 5.41) is 37.6. The molecule has 3 aliphatic carbocycles. The SMILES string of the molecule is Cc1ncsc1-c1ccc(CNC(=O)[C@@H]2C[C@@H](O)CN2C(=O)[C@@H](NC(=O)CCOCCOCCOCCN(C)CCCCC[C@@H]2Cc3cc(O)ccc3[C@H]3CC[C@]4(C)[C@@H](O)CC[C@H]4[C@H]23)C(C)C)cc1. The maximum Gasteiger partial charge on any atom is 0.246 e. The van der Waals surface area contributed by atoms with Gasteiger partial charge in [-0.15, -0.1) is 11.3 Å². The van der Waals surface area contributed by atoms with Gasteiger partial charge in [-0.25, -0.2) is 4.98 Å².